The SMILES string of the molecule is O=C(OCc1nc(-c2ccsc2)no1)c1ccc(NC(=O)c2ccco2)cc1. The second-order valence-corrected chi connectivity index (χ2v) is 6.39. The van der Waals surface area contributed by atoms with Crippen molar-refractivity contribution in [3.63, 3.8) is 0 Å². The van der Waals surface area contributed by atoms with Gasteiger partial charge in [0.15, 0.2) is 12.4 Å². The molecule has 28 heavy (non-hydrogen) atoms. The zero-order valence-corrected chi connectivity index (χ0v) is 15.1. The molecule has 0 saturated carbocycles. The summed E-state index contributed by atoms with van der Waals surface area (Å²) >= 11 is 1.52. The van der Waals surface area contributed by atoms with Gasteiger partial charge in [-0.25, -0.2) is 4.79 Å². The number of aromatic nitrogens is 2. The summed E-state index contributed by atoms with van der Waals surface area (Å²) in [6.07, 6.45) is 1.42. The number of furan rings is 1. The number of benzene rings is 1. The maximum absolute atomic E-state index is 12.2. The van der Waals surface area contributed by atoms with Crippen LogP contribution in [0.5, 0.6) is 0 Å². The number of hydrogen-bond donors (Lipinski definition) is 1. The summed E-state index contributed by atoms with van der Waals surface area (Å²) in [6.45, 7) is -0.132. The van der Waals surface area contributed by atoms with Gasteiger partial charge in [-0.3, -0.25) is 4.79 Å². The van der Waals surface area contributed by atoms with E-state index in [2.05, 4.69) is 15.5 Å². The number of amides is 1. The Hall–Kier alpha value is -3.72. The number of ether oxygens (including phenoxy) is 1. The fourth-order valence-corrected chi connectivity index (χ4v) is 2.96. The molecule has 0 aliphatic carbocycles. The van der Waals surface area contributed by atoms with Crippen molar-refractivity contribution in [2.75, 3.05) is 5.32 Å². The molecular formula is C19H13N3O5S. The van der Waals surface area contributed by atoms with Crippen molar-refractivity contribution in [1.29, 1.82) is 0 Å². The number of esters is 1. The fraction of sp³-hybridized carbons (Fsp3) is 0.0526. The Labute approximate surface area is 162 Å². The summed E-state index contributed by atoms with van der Waals surface area (Å²) < 4.78 is 15.3. The van der Waals surface area contributed by atoms with Gasteiger partial charge in [0.1, 0.15) is 0 Å². The van der Waals surface area contributed by atoms with E-state index < -0.39 is 5.97 Å². The van der Waals surface area contributed by atoms with Crippen LogP contribution in [0.3, 0.4) is 0 Å². The van der Waals surface area contributed by atoms with Gasteiger partial charge in [-0.2, -0.15) is 16.3 Å². The van der Waals surface area contributed by atoms with E-state index >= 15 is 0 Å². The van der Waals surface area contributed by atoms with Crippen molar-refractivity contribution in [2.45, 2.75) is 6.61 Å². The Kier molecular flexibility index (Phi) is 4.98. The van der Waals surface area contributed by atoms with Crippen LogP contribution in [0, 0.1) is 0 Å². The first kappa shape index (κ1) is 17.7. The monoisotopic (exact) mass is 395 g/mol. The highest BCUT2D eigenvalue weighted by Crippen LogP contribution is 2.19. The molecule has 3 aromatic heterocycles. The van der Waals surface area contributed by atoms with Crippen molar-refractivity contribution >= 4 is 28.9 Å². The molecule has 0 aliphatic rings. The summed E-state index contributed by atoms with van der Waals surface area (Å²) in [5.41, 5.74) is 1.70. The summed E-state index contributed by atoms with van der Waals surface area (Å²) in [6, 6.07) is 11.3. The van der Waals surface area contributed by atoms with Gasteiger partial charge in [0.25, 0.3) is 11.8 Å². The highest BCUT2D eigenvalue weighted by atomic mass is 32.1. The Morgan fingerprint density at radius 3 is 2.71 bits per heavy atom. The van der Waals surface area contributed by atoms with E-state index in [4.69, 9.17) is 13.7 Å². The quantitative estimate of drug-likeness (QED) is 0.492. The molecular weight excluding hydrogens is 382 g/mol. The lowest BCUT2D eigenvalue weighted by Gasteiger charge is -2.05. The lowest BCUT2D eigenvalue weighted by atomic mass is 10.2. The summed E-state index contributed by atoms with van der Waals surface area (Å²) in [7, 11) is 0. The zero-order valence-electron chi connectivity index (χ0n) is 14.3. The average Bonchev–Trinajstić information content (AvgIpc) is 3.49. The minimum atomic E-state index is -0.542. The highest BCUT2D eigenvalue weighted by Gasteiger charge is 2.13. The molecule has 0 aliphatic heterocycles. The third kappa shape index (κ3) is 3.99. The van der Waals surface area contributed by atoms with E-state index in [9.17, 15) is 9.59 Å². The molecule has 1 aromatic carbocycles. The van der Waals surface area contributed by atoms with E-state index in [-0.39, 0.29) is 24.2 Å². The van der Waals surface area contributed by atoms with Gasteiger partial charge in [0, 0.05) is 16.6 Å². The maximum atomic E-state index is 12.2. The zero-order chi connectivity index (χ0) is 19.3. The Morgan fingerprint density at radius 1 is 1.14 bits per heavy atom. The number of hydrogen-bond acceptors (Lipinski definition) is 8. The highest BCUT2D eigenvalue weighted by molar-refractivity contribution is 7.08. The Balaban J connectivity index is 1.33. The molecule has 8 nitrogen and oxygen atoms in total. The molecule has 0 radical (unpaired) electrons. The lowest BCUT2D eigenvalue weighted by molar-refractivity contribution is 0.0430. The molecule has 0 bridgehead atoms. The predicted octanol–water partition coefficient (Wildman–Crippen LogP) is 4.00. The van der Waals surface area contributed by atoms with Crippen LogP contribution in [0.4, 0.5) is 5.69 Å². The Bertz CT molecular complexity index is 1070. The molecule has 0 spiro atoms. The minimum Gasteiger partial charge on any atom is -0.459 e. The molecule has 0 unspecified atom stereocenters. The maximum Gasteiger partial charge on any atom is 0.338 e. The molecule has 140 valence electrons. The first-order valence-corrected chi connectivity index (χ1v) is 9.10. The van der Waals surface area contributed by atoms with Crippen LogP contribution in [0.15, 0.2) is 68.4 Å². The molecule has 4 aromatic rings. The van der Waals surface area contributed by atoms with E-state index in [0.717, 1.165) is 5.56 Å². The van der Waals surface area contributed by atoms with Crippen LogP contribution >= 0.6 is 11.3 Å². The molecule has 3 heterocycles. The number of carbonyl (C=O) groups excluding carboxylic acids is 2. The number of carbonyl (C=O) groups is 2. The number of rotatable bonds is 6. The minimum absolute atomic E-state index is 0.132. The van der Waals surface area contributed by atoms with Gasteiger partial charge in [0.05, 0.1) is 11.8 Å². The summed E-state index contributed by atoms with van der Waals surface area (Å²) in [4.78, 5) is 28.3. The van der Waals surface area contributed by atoms with Crippen LogP contribution in [0.1, 0.15) is 26.8 Å². The smallest absolute Gasteiger partial charge is 0.338 e. The van der Waals surface area contributed by atoms with Gasteiger partial charge in [-0.1, -0.05) is 5.16 Å². The van der Waals surface area contributed by atoms with Gasteiger partial charge < -0.3 is 19.0 Å². The van der Waals surface area contributed by atoms with E-state index in [1.54, 1.807) is 36.4 Å². The second kappa shape index (κ2) is 7.89. The topological polar surface area (TPSA) is 107 Å². The normalized spacial score (nSPS) is 10.6. The second-order valence-electron chi connectivity index (χ2n) is 5.61. The largest absolute Gasteiger partial charge is 0.459 e. The van der Waals surface area contributed by atoms with Crippen molar-refractivity contribution < 1.29 is 23.3 Å². The van der Waals surface area contributed by atoms with Crippen LogP contribution < -0.4 is 5.32 Å². The molecule has 1 N–H and O–H groups in total. The standard InChI is InChI=1S/C19H13N3O5S/c23-18(15-2-1-8-25-15)20-14-5-3-12(4-6-14)19(24)26-10-16-21-17(22-27-16)13-7-9-28-11-13/h1-9,11H,10H2,(H,20,23). The first-order chi connectivity index (χ1) is 13.7. The third-order valence-electron chi connectivity index (χ3n) is 3.70. The molecule has 0 fully saturated rings. The molecule has 4 rings (SSSR count). The van der Waals surface area contributed by atoms with Crippen molar-refractivity contribution in [3.8, 4) is 11.4 Å². The van der Waals surface area contributed by atoms with Crippen molar-refractivity contribution in [3.05, 3.63) is 76.7 Å². The molecule has 1 amide bonds. The average molecular weight is 395 g/mol. The van der Waals surface area contributed by atoms with Crippen LogP contribution in [0.2, 0.25) is 0 Å². The van der Waals surface area contributed by atoms with Crippen LogP contribution in [-0.4, -0.2) is 22.0 Å². The Morgan fingerprint density at radius 2 is 2.00 bits per heavy atom. The number of thiophene rings is 1. The van der Waals surface area contributed by atoms with Gasteiger partial charge in [-0.15, -0.1) is 0 Å². The van der Waals surface area contributed by atoms with Gasteiger partial charge in [0.2, 0.25) is 5.82 Å². The molecule has 9 heteroatoms. The lowest BCUT2D eigenvalue weighted by Crippen LogP contribution is -2.11. The van der Waals surface area contributed by atoms with Crippen LogP contribution in [-0.2, 0) is 11.3 Å². The predicted molar refractivity (Wildman–Crippen MR) is 99.8 cm³/mol. The fourth-order valence-electron chi connectivity index (χ4n) is 2.32. The summed E-state index contributed by atoms with van der Waals surface area (Å²) in [5.74, 6) is -0.0666. The van der Waals surface area contributed by atoms with E-state index in [1.807, 2.05) is 16.8 Å². The van der Waals surface area contributed by atoms with E-state index in [0.29, 0.717) is 17.1 Å². The number of nitrogens with zero attached hydrogens (tertiary/aromatic N) is 2. The van der Waals surface area contributed by atoms with Crippen LogP contribution in [0.25, 0.3) is 11.4 Å². The molecule has 0 saturated heterocycles. The molecule has 0 atom stereocenters. The van der Waals surface area contributed by atoms with Gasteiger partial charge in [-0.05, 0) is 47.8 Å². The van der Waals surface area contributed by atoms with Crippen molar-refractivity contribution in [1.82, 2.24) is 10.1 Å². The van der Waals surface area contributed by atoms with Crippen molar-refractivity contribution in [2.24, 2.45) is 0 Å². The third-order valence-corrected chi connectivity index (χ3v) is 4.38. The van der Waals surface area contributed by atoms with Gasteiger partial charge >= 0.3 is 5.97 Å². The number of nitrogens with one attached hydrogen (secondary N) is 1. The first-order valence-electron chi connectivity index (χ1n) is 8.16. The summed E-state index contributed by atoms with van der Waals surface area (Å²) in [5, 5.41) is 10.3. The van der Waals surface area contributed by atoms with E-state index in [1.165, 1.54) is 17.6 Å². The number of anilines is 1.